The molecule has 0 bridgehead atoms. The molecule has 0 aromatic carbocycles. The first kappa shape index (κ1) is 25.7. The van der Waals surface area contributed by atoms with Gasteiger partial charge in [0.1, 0.15) is 0 Å². The van der Waals surface area contributed by atoms with Crippen molar-refractivity contribution in [1.82, 2.24) is 9.88 Å². The van der Waals surface area contributed by atoms with Crippen molar-refractivity contribution in [3.05, 3.63) is 24.4 Å². The van der Waals surface area contributed by atoms with Gasteiger partial charge in [-0.25, -0.2) is 9.78 Å². The zero-order chi connectivity index (χ0) is 21.6. The second-order valence-corrected chi connectivity index (χ2v) is 5.79. The quantitative estimate of drug-likeness (QED) is 0.563. The van der Waals surface area contributed by atoms with E-state index in [2.05, 4.69) is 9.72 Å². The number of carbonyl (C=O) groups excluding carboxylic acids is 2. The van der Waals surface area contributed by atoms with Crippen molar-refractivity contribution in [1.29, 1.82) is 0 Å². The van der Waals surface area contributed by atoms with Crippen molar-refractivity contribution in [2.75, 3.05) is 26.3 Å². The Labute approximate surface area is 164 Å². The number of ether oxygens (including phenoxy) is 2. The third-order valence-corrected chi connectivity index (χ3v) is 3.42. The molecule has 1 amide bonds. The maximum Gasteiger partial charge on any atom is 0.422 e. The summed E-state index contributed by atoms with van der Waals surface area (Å²) < 4.78 is 44.3. The fraction of sp³-hybridized carbons (Fsp3) is 0.632. The second kappa shape index (κ2) is 13.8. The average molecular weight is 406 g/mol. The first-order valence-corrected chi connectivity index (χ1v) is 9.29. The molecular formula is C19H29F3N2O4. The number of halogens is 3. The smallest absolute Gasteiger partial charge is 0.422 e. The van der Waals surface area contributed by atoms with Crippen molar-refractivity contribution >= 4 is 11.9 Å². The van der Waals surface area contributed by atoms with Gasteiger partial charge in [-0.2, -0.15) is 13.2 Å². The number of piperidine rings is 1. The summed E-state index contributed by atoms with van der Waals surface area (Å²) in [5, 5.41) is 0. The lowest BCUT2D eigenvalue weighted by Crippen LogP contribution is -2.44. The van der Waals surface area contributed by atoms with Crippen LogP contribution in [0.5, 0.6) is 5.88 Å². The Kier molecular flexibility index (Phi) is 12.6. The van der Waals surface area contributed by atoms with Crippen LogP contribution >= 0.6 is 0 Å². The molecule has 2 rings (SSSR count). The van der Waals surface area contributed by atoms with Gasteiger partial charge in [-0.3, -0.25) is 4.79 Å². The van der Waals surface area contributed by atoms with Crippen LogP contribution in [0.3, 0.4) is 0 Å². The predicted molar refractivity (Wildman–Crippen MR) is 98.7 cm³/mol. The van der Waals surface area contributed by atoms with E-state index in [1.807, 2.05) is 45.9 Å². The van der Waals surface area contributed by atoms with Crippen LogP contribution in [0.4, 0.5) is 13.2 Å². The molecule has 1 aliphatic heterocycles. The largest absolute Gasteiger partial charge is 0.478 e. The van der Waals surface area contributed by atoms with Crippen molar-refractivity contribution in [2.45, 2.75) is 46.7 Å². The van der Waals surface area contributed by atoms with Crippen LogP contribution < -0.4 is 4.74 Å². The van der Waals surface area contributed by atoms with Gasteiger partial charge < -0.3 is 14.4 Å². The van der Waals surface area contributed by atoms with Gasteiger partial charge in [0.15, 0.2) is 6.61 Å². The standard InChI is InChI=1S/C10H14F3NO3.C7H9NO.C2H6/c1-7-3-2-4-14(5-7)8(15)9(16)17-6-10(11,12)13;1-2-9-7-5-3-4-6-8-7;1-2/h7H,2-6H2,1H3;3-6H,2H2,1H3;1-2H3. The molecule has 1 aromatic heterocycles. The van der Waals surface area contributed by atoms with E-state index in [0.29, 0.717) is 25.6 Å². The Hall–Kier alpha value is -2.32. The lowest BCUT2D eigenvalue weighted by atomic mass is 10.0. The minimum Gasteiger partial charge on any atom is -0.478 e. The SMILES string of the molecule is CC.CC1CCCN(C(=O)C(=O)OCC(F)(F)F)C1.CCOc1ccccn1. The summed E-state index contributed by atoms with van der Waals surface area (Å²) in [4.78, 5) is 27.7. The number of nitrogens with zero attached hydrogens (tertiary/aromatic N) is 2. The first-order chi connectivity index (χ1) is 13.2. The number of likely N-dealkylation sites (tertiary alicyclic amines) is 1. The predicted octanol–water partition coefficient (Wildman–Crippen LogP) is 3.86. The fourth-order valence-electron chi connectivity index (χ4n) is 2.29. The minimum absolute atomic E-state index is 0.253. The van der Waals surface area contributed by atoms with Crippen LogP contribution in [-0.4, -0.2) is 54.2 Å². The van der Waals surface area contributed by atoms with Crippen LogP contribution in [0, 0.1) is 5.92 Å². The van der Waals surface area contributed by atoms with Gasteiger partial charge in [-0.05, 0) is 31.7 Å². The molecule has 1 unspecified atom stereocenters. The van der Waals surface area contributed by atoms with Crippen LogP contribution in [0.15, 0.2) is 24.4 Å². The number of rotatable bonds is 3. The molecule has 1 fully saturated rings. The molecule has 1 aromatic rings. The Balaban J connectivity index is 0.000000556. The van der Waals surface area contributed by atoms with Crippen LogP contribution in [0.2, 0.25) is 0 Å². The average Bonchev–Trinajstić information content (AvgIpc) is 2.68. The molecule has 1 saturated heterocycles. The van der Waals surface area contributed by atoms with Crippen molar-refractivity contribution in [3.8, 4) is 5.88 Å². The summed E-state index contributed by atoms with van der Waals surface area (Å²) in [5.74, 6) is -1.47. The first-order valence-electron chi connectivity index (χ1n) is 9.29. The zero-order valence-corrected chi connectivity index (χ0v) is 16.8. The van der Waals surface area contributed by atoms with Gasteiger partial charge in [0.25, 0.3) is 0 Å². The van der Waals surface area contributed by atoms with Crippen LogP contribution in [-0.2, 0) is 14.3 Å². The maximum absolute atomic E-state index is 11.8. The summed E-state index contributed by atoms with van der Waals surface area (Å²) >= 11 is 0. The fourth-order valence-corrected chi connectivity index (χ4v) is 2.29. The Bertz CT molecular complexity index is 568. The van der Waals surface area contributed by atoms with E-state index in [4.69, 9.17) is 4.74 Å². The molecule has 28 heavy (non-hydrogen) atoms. The molecule has 6 nitrogen and oxygen atoms in total. The monoisotopic (exact) mass is 406 g/mol. The molecule has 9 heteroatoms. The highest BCUT2D eigenvalue weighted by molar-refractivity contribution is 6.32. The number of pyridine rings is 1. The molecule has 0 aliphatic carbocycles. The Morgan fingerprint density at radius 1 is 1.29 bits per heavy atom. The van der Waals surface area contributed by atoms with Crippen molar-refractivity contribution in [2.24, 2.45) is 5.92 Å². The Morgan fingerprint density at radius 2 is 1.96 bits per heavy atom. The second-order valence-electron chi connectivity index (χ2n) is 5.79. The number of aromatic nitrogens is 1. The van der Waals surface area contributed by atoms with Gasteiger partial charge in [-0.1, -0.05) is 26.8 Å². The van der Waals surface area contributed by atoms with E-state index < -0.39 is 24.7 Å². The van der Waals surface area contributed by atoms with E-state index in [0.717, 1.165) is 12.8 Å². The summed E-state index contributed by atoms with van der Waals surface area (Å²) in [6.07, 6.45) is -1.20. The lowest BCUT2D eigenvalue weighted by molar-refractivity contribution is -0.189. The van der Waals surface area contributed by atoms with E-state index in [1.165, 1.54) is 4.90 Å². The molecule has 0 N–H and O–H groups in total. The highest BCUT2D eigenvalue weighted by atomic mass is 19.4. The van der Waals surface area contributed by atoms with E-state index >= 15 is 0 Å². The highest BCUT2D eigenvalue weighted by Crippen LogP contribution is 2.17. The summed E-state index contributed by atoms with van der Waals surface area (Å²) in [6, 6.07) is 5.60. The summed E-state index contributed by atoms with van der Waals surface area (Å²) in [7, 11) is 0. The molecule has 1 atom stereocenters. The number of alkyl halides is 3. The van der Waals surface area contributed by atoms with E-state index in [9.17, 15) is 22.8 Å². The van der Waals surface area contributed by atoms with Crippen LogP contribution in [0.1, 0.15) is 40.5 Å². The molecule has 0 radical (unpaired) electrons. The minimum atomic E-state index is -4.61. The third kappa shape index (κ3) is 11.4. The van der Waals surface area contributed by atoms with Gasteiger partial charge in [0.05, 0.1) is 6.61 Å². The van der Waals surface area contributed by atoms with Gasteiger partial charge >= 0.3 is 18.1 Å². The van der Waals surface area contributed by atoms with Crippen LogP contribution in [0.25, 0.3) is 0 Å². The van der Waals surface area contributed by atoms with E-state index in [-0.39, 0.29) is 5.92 Å². The Morgan fingerprint density at radius 3 is 2.46 bits per heavy atom. The van der Waals surface area contributed by atoms with Gasteiger partial charge in [0, 0.05) is 25.4 Å². The number of hydrogen-bond donors (Lipinski definition) is 0. The van der Waals surface area contributed by atoms with Crippen molar-refractivity contribution in [3.63, 3.8) is 0 Å². The number of carbonyl (C=O) groups is 2. The number of amides is 1. The molecule has 2 heterocycles. The lowest BCUT2D eigenvalue weighted by Gasteiger charge is -2.29. The van der Waals surface area contributed by atoms with Crippen molar-refractivity contribution < 1.29 is 32.2 Å². The molecular weight excluding hydrogens is 377 g/mol. The van der Waals surface area contributed by atoms with Gasteiger partial charge in [0.2, 0.25) is 5.88 Å². The normalized spacial score (nSPS) is 16.0. The highest BCUT2D eigenvalue weighted by Gasteiger charge is 2.33. The summed E-state index contributed by atoms with van der Waals surface area (Å²) in [6.45, 7) is 7.59. The molecule has 1 aliphatic rings. The third-order valence-electron chi connectivity index (χ3n) is 3.42. The number of hydrogen-bond acceptors (Lipinski definition) is 5. The molecule has 0 saturated carbocycles. The zero-order valence-electron chi connectivity index (χ0n) is 16.8. The molecule has 0 spiro atoms. The topological polar surface area (TPSA) is 68.7 Å². The van der Waals surface area contributed by atoms with E-state index in [1.54, 1.807) is 6.20 Å². The van der Waals surface area contributed by atoms with Gasteiger partial charge in [-0.15, -0.1) is 0 Å². The molecule has 160 valence electrons. The summed E-state index contributed by atoms with van der Waals surface area (Å²) in [5.41, 5.74) is 0. The maximum atomic E-state index is 11.8. The number of esters is 1.